The number of benzene rings is 1. The van der Waals surface area contributed by atoms with Crippen LogP contribution in [0.25, 0.3) is 0 Å². The second kappa shape index (κ2) is 10.5. The van der Waals surface area contributed by atoms with Crippen LogP contribution in [0.4, 0.5) is 0 Å². The van der Waals surface area contributed by atoms with Crippen LogP contribution in [0, 0.1) is 0 Å². The largest absolute Gasteiger partial charge is 0.466 e. The van der Waals surface area contributed by atoms with Crippen LogP contribution in [-0.4, -0.2) is 46.3 Å². The van der Waals surface area contributed by atoms with Gasteiger partial charge in [-0.15, -0.1) is 11.8 Å². The number of amides is 1. The van der Waals surface area contributed by atoms with Gasteiger partial charge >= 0.3 is 11.9 Å². The lowest BCUT2D eigenvalue weighted by Gasteiger charge is -2.44. The molecule has 3 atom stereocenters. The zero-order valence-electron chi connectivity index (χ0n) is 16.5. The molecule has 1 amide bonds. The summed E-state index contributed by atoms with van der Waals surface area (Å²) in [4.78, 5) is 37.3. The van der Waals surface area contributed by atoms with Crippen LogP contribution in [0.3, 0.4) is 0 Å². The van der Waals surface area contributed by atoms with E-state index in [0.717, 1.165) is 0 Å². The maximum absolute atomic E-state index is 12.8. The highest BCUT2D eigenvalue weighted by Crippen LogP contribution is 2.39. The molecule has 156 valence electrons. The predicted molar refractivity (Wildman–Crippen MR) is 113 cm³/mol. The SMILES string of the molecule is COC(=O)C=CS[C@@H]1[C@@H](Br)C(=O)N1C(C(=O)OC(C)Oc1ccccc1)=C(C)C. The molecule has 1 heterocycles. The van der Waals surface area contributed by atoms with E-state index in [1.807, 2.05) is 18.2 Å². The van der Waals surface area contributed by atoms with E-state index in [2.05, 4.69) is 20.7 Å². The number of hydrogen-bond donors (Lipinski definition) is 0. The normalized spacial score (nSPS) is 19.3. The van der Waals surface area contributed by atoms with Crippen molar-refractivity contribution in [2.45, 2.75) is 37.3 Å². The Morgan fingerprint density at radius 2 is 1.90 bits per heavy atom. The third-order valence-electron chi connectivity index (χ3n) is 3.83. The molecule has 7 nitrogen and oxygen atoms in total. The number of esters is 2. The Labute approximate surface area is 182 Å². The number of likely N-dealkylation sites (tertiary alicyclic amines) is 1. The first-order chi connectivity index (χ1) is 13.8. The van der Waals surface area contributed by atoms with Crippen molar-refractivity contribution < 1.29 is 28.6 Å². The Kier molecular flexibility index (Phi) is 8.33. The number of ether oxygens (including phenoxy) is 3. The molecule has 0 aromatic heterocycles. The summed E-state index contributed by atoms with van der Waals surface area (Å²) in [7, 11) is 1.28. The first-order valence-electron chi connectivity index (χ1n) is 8.73. The summed E-state index contributed by atoms with van der Waals surface area (Å²) in [5.74, 6) is -0.870. The summed E-state index contributed by atoms with van der Waals surface area (Å²) in [5.41, 5.74) is 0.774. The molecule has 9 heteroatoms. The molecule has 29 heavy (non-hydrogen) atoms. The van der Waals surface area contributed by atoms with Crippen LogP contribution in [-0.2, 0) is 23.9 Å². The van der Waals surface area contributed by atoms with Gasteiger partial charge in [-0.1, -0.05) is 34.1 Å². The van der Waals surface area contributed by atoms with Crippen LogP contribution < -0.4 is 4.74 Å². The third kappa shape index (κ3) is 5.86. The molecule has 1 aromatic carbocycles. The molecule has 0 N–H and O–H groups in total. The van der Waals surface area contributed by atoms with Gasteiger partial charge in [0.2, 0.25) is 12.2 Å². The van der Waals surface area contributed by atoms with E-state index in [4.69, 9.17) is 9.47 Å². The lowest BCUT2D eigenvalue weighted by Crippen LogP contribution is -2.60. The second-order valence-corrected chi connectivity index (χ2v) is 8.23. The van der Waals surface area contributed by atoms with Gasteiger partial charge in [0.05, 0.1) is 7.11 Å². The molecule has 0 radical (unpaired) electrons. The highest BCUT2D eigenvalue weighted by molar-refractivity contribution is 9.10. The van der Waals surface area contributed by atoms with Gasteiger partial charge in [0, 0.05) is 13.0 Å². The van der Waals surface area contributed by atoms with Gasteiger partial charge in [-0.25, -0.2) is 9.59 Å². The molecule has 1 aromatic rings. The monoisotopic (exact) mass is 483 g/mol. The molecule has 0 bridgehead atoms. The maximum Gasteiger partial charge on any atom is 0.358 e. The van der Waals surface area contributed by atoms with Gasteiger partial charge in [-0.05, 0) is 37.0 Å². The average molecular weight is 484 g/mol. The first kappa shape index (κ1) is 23.0. The standard InChI is InChI=1S/C20H22BrNO6S/c1-12(2)17(20(25)28-13(3)27-14-8-6-5-7-9-14)22-18(24)16(21)19(22)29-11-10-15(23)26-4/h5-11,13,16,19H,1-4H3/t13?,16-,19+/m0/s1. The first-order valence-corrected chi connectivity index (χ1v) is 10.6. The highest BCUT2D eigenvalue weighted by Gasteiger charge is 2.49. The fraction of sp³-hybridized carbons (Fsp3) is 0.350. The smallest absolute Gasteiger partial charge is 0.358 e. The number of para-hydroxylation sites is 1. The average Bonchev–Trinajstić information content (AvgIpc) is 2.69. The quantitative estimate of drug-likeness (QED) is 0.183. The van der Waals surface area contributed by atoms with Gasteiger partial charge in [-0.3, -0.25) is 9.69 Å². The number of thioether (sulfide) groups is 1. The Morgan fingerprint density at radius 3 is 2.48 bits per heavy atom. The number of methoxy groups -OCH3 is 1. The maximum atomic E-state index is 12.8. The number of halogens is 1. The number of nitrogens with zero attached hydrogens (tertiary/aromatic N) is 1. The molecular weight excluding hydrogens is 462 g/mol. The molecule has 2 rings (SSSR count). The fourth-order valence-electron chi connectivity index (χ4n) is 2.50. The molecule has 0 spiro atoms. The molecule has 1 fully saturated rings. The predicted octanol–water partition coefficient (Wildman–Crippen LogP) is 3.60. The second-order valence-electron chi connectivity index (χ2n) is 6.22. The number of rotatable bonds is 8. The minimum absolute atomic E-state index is 0.151. The lowest BCUT2D eigenvalue weighted by atomic mass is 10.1. The molecule has 0 aliphatic carbocycles. The van der Waals surface area contributed by atoms with Crippen LogP contribution in [0.5, 0.6) is 5.75 Å². The zero-order chi connectivity index (χ0) is 21.6. The van der Waals surface area contributed by atoms with Gasteiger partial charge in [0.25, 0.3) is 0 Å². The van der Waals surface area contributed by atoms with Crippen molar-refractivity contribution in [2.24, 2.45) is 0 Å². The molecule has 1 unspecified atom stereocenters. The molecule has 1 aliphatic rings. The van der Waals surface area contributed by atoms with Crippen molar-refractivity contribution >= 4 is 45.5 Å². The Balaban J connectivity index is 2.09. The number of β-lactam (4-membered cyclic amide) rings is 1. The Hall–Kier alpha value is -2.26. The van der Waals surface area contributed by atoms with Crippen molar-refractivity contribution in [2.75, 3.05) is 7.11 Å². The minimum atomic E-state index is -0.847. The van der Waals surface area contributed by atoms with E-state index in [1.54, 1.807) is 32.9 Å². The molecule has 0 saturated carbocycles. The Morgan fingerprint density at radius 1 is 1.24 bits per heavy atom. The highest BCUT2D eigenvalue weighted by atomic mass is 79.9. The van der Waals surface area contributed by atoms with Crippen molar-refractivity contribution in [1.82, 2.24) is 4.90 Å². The Bertz CT molecular complexity index is 822. The van der Waals surface area contributed by atoms with E-state index in [1.165, 1.54) is 35.3 Å². The van der Waals surface area contributed by atoms with Crippen LogP contribution >= 0.6 is 27.7 Å². The van der Waals surface area contributed by atoms with E-state index >= 15 is 0 Å². The summed E-state index contributed by atoms with van der Waals surface area (Å²) in [6.07, 6.45) is 0.405. The summed E-state index contributed by atoms with van der Waals surface area (Å²) in [5, 5.41) is 1.12. The fourth-order valence-corrected chi connectivity index (χ4v) is 4.27. The number of carbonyl (C=O) groups is 3. The third-order valence-corrected chi connectivity index (χ3v) is 6.13. The summed E-state index contributed by atoms with van der Waals surface area (Å²) < 4.78 is 15.5. The number of alkyl halides is 1. The van der Waals surface area contributed by atoms with Crippen molar-refractivity contribution in [3.05, 3.63) is 53.1 Å². The van der Waals surface area contributed by atoms with E-state index in [0.29, 0.717) is 11.3 Å². The van der Waals surface area contributed by atoms with Crippen molar-refractivity contribution in [3.63, 3.8) is 0 Å². The summed E-state index contributed by atoms with van der Waals surface area (Å²) in [6.45, 7) is 5.05. The van der Waals surface area contributed by atoms with Gasteiger partial charge in [0.1, 0.15) is 21.6 Å². The molecular formula is C20H22BrNO6S. The van der Waals surface area contributed by atoms with Crippen LogP contribution in [0.15, 0.2) is 53.1 Å². The minimum Gasteiger partial charge on any atom is -0.466 e. The molecule has 1 aliphatic heterocycles. The molecule has 1 saturated heterocycles. The van der Waals surface area contributed by atoms with Crippen molar-refractivity contribution in [3.8, 4) is 5.75 Å². The lowest BCUT2D eigenvalue weighted by molar-refractivity contribution is -0.161. The van der Waals surface area contributed by atoms with E-state index in [-0.39, 0.29) is 11.6 Å². The number of allylic oxidation sites excluding steroid dienone is 1. The van der Waals surface area contributed by atoms with Gasteiger partial charge in [-0.2, -0.15) is 0 Å². The topological polar surface area (TPSA) is 82.1 Å². The van der Waals surface area contributed by atoms with Crippen LogP contribution in [0.1, 0.15) is 20.8 Å². The van der Waals surface area contributed by atoms with Crippen LogP contribution in [0.2, 0.25) is 0 Å². The number of carbonyl (C=O) groups excluding carboxylic acids is 3. The summed E-state index contributed by atoms with van der Waals surface area (Å²) in [6, 6.07) is 8.97. The van der Waals surface area contributed by atoms with E-state index in [9.17, 15) is 14.4 Å². The number of hydrogen-bond acceptors (Lipinski definition) is 7. The summed E-state index contributed by atoms with van der Waals surface area (Å²) >= 11 is 4.53. The van der Waals surface area contributed by atoms with E-state index < -0.39 is 28.4 Å². The van der Waals surface area contributed by atoms with Gasteiger partial charge in [0.15, 0.2) is 0 Å². The van der Waals surface area contributed by atoms with Gasteiger partial charge < -0.3 is 14.2 Å². The zero-order valence-corrected chi connectivity index (χ0v) is 18.9. The van der Waals surface area contributed by atoms with Crippen molar-refractivity contribution in [1.29, 1.82) is 0 Å².